The van der Waals surface area contributed by atoms with E-state index in [1.807, 2.05) is 0 Å². The van der Waals surface area contributed by atoms with Crippen molar-refractivity contribution in [2.75, 3.05) is 13.2 Å². The highest BCUT2D eigenvalue weighted by molar-refractivity contribution is 5.69. The molecule has 1 amide bonds. The van der Waals surface area contributed by atoms with Crippen LogP contribution in [0.2, 0.25) is 0 Å². The number of aliphatic hydroxyl groups is 1. The first kappa shape index (κ1) is 19.0. The van der Waals surface area contributed by atoms with Crippen molar-refractivity contribution < 1.29 is 28.2 Å². The third kappa shape index (κ3) is 4.15. The van der Waals surface area contributed by atoms with Crippen molar-refractivity contribution in [2.45, 2.75) is 63.3 Å². The maximum atomic E-state index is 14.0. The maximum Gasteiger partial charge on any atom is 0.410 e. The fourth-order valence-corrected chi connectivity index (χ4v) is 3.86. The third-order valence-corrected chi connectivity index (χ3v) is 4.77. The van der Waals surface area contributed by atoms with Crippen molar-refractivity contribution in [3.63, 3.8) is 0 Å². The molecule has 144 valence electrons. The molecule has 2 fully saturated rings. The molecule has 0 aliphatic carbocycles. The van der Waals surface area contributed by atoms with E-state index in [1.54, 1.807) is 25.7 Å². The topological polar surface area (TPSA) is 59.0 Å². The predicted molar refractivity (Wildman–Crippen MR) is 90.7 cm³/mol. The van der Waals surface area contributed by atoms with Crippen LogP contribution >= 0.6 is 0 Å². The highest BCUT2D eigenvalue weighted by atomic mass is 19.1. The number of carbonyl (C=O) groups excluding carboxylic acids is 1. The number of carbonyl (C=O) groups is 1. The van der Waals surface area contributed by atoms with Gasteiger partial charge in [-0.15, -0.1) is 0 Å². The van der Waals surface area contributed by atoms with Gasteiger partial charge in [-0.25, -0.2) is 13.6 Å². The molecule has 0 aromatic heterocycles. The molecular weight excluding hydrogens is 344 g/mol. The molecule has 1 aromatic rings. The fourth-order valence-electron chi connectivity index (χ4n) is 3.86. The largest absolute Gasteiger partial charge is 0.444 e. The van der Waals surface area contributed by atoms with Crippen molar-refractivity contribution >= 4 is 6.09 Å². The molecule has 3 rings (SSSR count). The summed E-state index contributed by atoms with van der Waals surface area (Å²) in [6.07, 6.45) is -0.00171. The molecule has 1 aromatic carbocycles. The molecule has 2 atom stereocenters. The van der Waals surface area contributed by atoms with Crippen LogP contribution in [0.4, 0.5) is 13.6 Å². The highest BCUT2D eigenvalue weighted by Gasteiger charge is 2.49. The van der Waals surface area contributed by atoms with Crippen LogP contribution in [0.5, 0.6) is 0 Å². The van der Waals surface area contributed by atoms with Gasteiger partial charge in [0.25, 0.3) is 0 Å². The van der Waals surface area contributed by atoms with E-state index in [9.17, 15) is 18.7 Å². The Morgan fingerprint density at radius 1 is 1.31 bits per heavy atom. The monoisotopic (exact) mass is 369 g/mol. The number of halogens is 2. The Hall–Kier alpha value is -1.73. The molecule has 2 aliphatic rings. The zero-order valence-corrected chi connectivity index (χ0v) is 15.3. The molecule has 1 N–H and O–H groups in total. The number of benzene rings is 1. The Balaban J connectivity index is 1.78. The zero-order chi connectivity index (χ0) is 19.1. The average molecular weight is 369 g/mol. The summed E-state index contributed by atoms with van der Waals surface area (Å²) in [4.78, 5) is 14.2. The number of fused-ring (bicyclic) bond motifs is 2. The van der Waals surface area contributed by atoms with E-state index < -0.39 is 28.9 Å². The second-order valence-corrected chi connectivity index (χ2v) is 8.28. The van der Waals surface area contributed by atoms with Gasteiger partial charge in [-0.3, -0.25) is 4.90 Å². The number of nitrogens with zero attached hydrogens (tertiary/aromatic N) is 1. The van der Waals surface area contributed by atoms with Crippen LogP contribution in [0, 0.1) is 11.6 Å². The van der Waals surface area contributed by atoms with E-state index in [0.717, 1.165) is 18.2 Å². The summed E-state index contributed by atoms with van der Waals surface area (Å²) in [5.41, 5.74) is -1.71. The molecule has 0 spiro atoms. The molecule has 2 bridgehead atoms. The Kier molecular flexibility index (Phi) is 4.96. The van der Waals surface area contributed by atoms with Gasteiger partial charge in [0.2, 0.25) is 0 Å². The van der Waals surface area contributed by atoms with E-state index >= 15 is 0 Å². The predicted octanol–water partition coefficient (Wildman–Crippen LogP) is 3.04. The number of amides is 1. The molecular formula is C19H25F2NO4. The second kappa shape index (κ2) is 6.78. The quantitative estimate of drug-likeness (QED) is 0.871. The summed E-state index contributed by atoms with van der Waals surface area (Å²) in [5.74, 6) is -1.09. The van der Waals surface area contributed by atoms with Gasteiger partial charge in [0, 0.05) is 6.42 Å². The number of piperidine rings is 1. The number of rotatable bonds is 2. The van der Waals surface area contributed by atoms with Crippen molar-refractivity contribution in [1.82, 2.24) is 4.90 Å². The second-order valence-electron chi connectivity index (χ2n) is 8.28. The molecule has 0 saturated carbocycles. The minimum Gasteiger partial charge on any atom is -0.444 e. The molecule has 26 heavy (non-hydrogen) atoms. The van der Waals surface area contributed by atoms with Gasteiger partial charge < -0.3 is 14.6 Å². The normalized spacial score (nSPS) is 28.8. The molecule has 2 heterocycles. The van der Waals surface area contributed by atoms with Crippen LogP contribution < -0.4 is 0 Å². The molecule has 0 radical (unpaired) electrons. The smallest absolute Gasteiger partial charge is 0.410 e. The van der Waals surface area contributed by atoms with Gasteiger partial charge in [-0.2, -0.15) is 0 Å². The van der Waals surface area contributed by atoms with Gasteiger partial charge in [-0.05, 0) is 57.4 Å². The number of ether oxygens (including phenoxy) is 2. The minimum absolute atomic E-state index is 0.00818. The van der Waals surface area contributed by atoms with Crippen LogP contribution in [0.25, 0.3) is 0 Å². The van der Waals surface area contributed by atoms with Crippen LogP contribution in [0.3, 0.4) is 0 Å². The van der Waals surface area contributed by atoms with Crippen LogP contribution in [0.15, 0.2) is 18.2 Å². The van der Waals surface area contributed by atoms with Crippen LogP contribution in [-0.2, 0) is 15.9 Å². The zero-order valence-electron chi connectivity index (χ0n) is 15.3. The average Bonchev–Trinajstić information content (AvgIpc) is 2.48. The molecule has 2 saturated heterocycles. The van der Waals surface area contributed by atoms with Crippen LogP contribution in [-0.4, -0.2) is 52.6 Å². The van der Waals surface area contributed by atoms with Gasteiger partial charge in [0.15, 0.2) is 0 Å². The fraction of sp³-hybridized carbons (Fsp3) is 0.632. The van der Waals surface area contributed by atoms with E-state index in [0.29, 0.717) is 0 Å². The standard InChI is InChI=1S/C19H25F2NO4/c1-18(2,3)26-17(23)22-14-8-19(24,9-15(22)11-25-10-14)7-12-6-13(20)4-5-16(12)21/h4-6,14-15,24H,7-11H2,1-3H3. The van der Waals surface area contributed by atoms with E-state index in [2.05, 4.69) is 0 Å². The summed E-state index contributed by atoms with van der Waals surface area (Å²) in [6, 6.07) is 2.50. The van der Waals surface area contributed by atoms with Crippen LogP contribution in [0.1, 0.15) is 39.2 Å². The van der Waals surface area contributed by atoms with Crippen molar-refractivity contribution in [3.05, 3.63) is 35.4 Å². The third-order valence-electron chi connectivity index (χ3n) is 4.77. The summed E-state index contributed by atoms with van der Waals surface area (Å²) >= 11 is 0. The summed E-state index contributed by atoms with van der Waals surface area (Å²) in [6.45, 7) is 5.95. The summed E-state index contributed by atoms with van der Waals surface area (Å²) < 4.78 is 38.4. The first-order valence-electron chi connectivity index (χ1n) is 8.82. The Morgan fingerprint density at radius 3 is 2.50 bits per heavy atom. The lowest BCUT2D eigenvalue weighted by Crippen LogP contribution is -2.64. The maximum absolute atomic E-state index is 14.0. The first-order valence-corrected chi connectivity index (χ1v) is 8.82. The lowest BCUT2D eigenvalue weighted by Gasteiger charge is -2.51. The number of hydrogen-bond acceptors (Lipinski definition) is 4. The number of morpholine rings is 1. The number of hydrogen-bond donors (Lipinski definition) is 1. The molecule has 7 heteroatoms. The van der Waals surface area contributed by atoms with E-state index in [-0.39, 0.29) is 50.1 Å². The van der Waals surface area contributed by atoms with Crippen molar-refractivity contribution in [2.24, 2.45) is 0 Å². The minimum atomic E-state index is -1.23. The van der Waals surface area contributed by atoms with E-state index in [4.69, 9.17) is 9.47 Å². The summed E-state index contributed by atoms with van der Waals surface area (Å²) in [7, 11) is 0. The lowest BCUT2D eigenvalue weighted by atomic mass is 9.77. The van der Waals surface area contributed by atoms with Gasteiger partial charge in [0.05, 0.1) is 30.9 Å². The lowest BCUT2D eigenvalue weighted by molar-refractivity contribution is -0.137. The molecule has 2 unspecified atom stereocenters. The first-order chi connectivity index (χ1) is 12.1. The summed E-state index contributed by atoms with van der Waals surface area (Å²) in [5, 5.41) is 11.1. The highest BCUT2D eigenvalue weighted by Crippen LogP contribution is 2.37. The van der Waals surface area contributed by atoms with Gasteiger partial charge >= 0.3 is 6.09 Å². The Bertz CT molecular complexity index is 675. The molecule has 5 nitrogen and oxygen atoms in total. The Morgan fingerprint density at radius 2 is 1.92 bits per heavy atom. The van der Waals surface area contributed by atoms with Crippen molar-refractivity contribution in [3.8, 4) is 0 Å². The SMILES string of the molecule is CC(C)(C)OC(=O)N1C2COCC1CC(O)(Cc1cc(F)ccc1F)C2. The van der Waals surface area contributed by atoms with Crippen molar-refractivity contribution in [1.29, 1.82) is 0 Å². The van der Waals surface area contributed by atoms with E-state index in [1.165, 1.54) is 0 Å². The van der Waals surface area contributed by atoms with Gasteiger partial charge in [-0.1, -0.05) is 0 Å². The van der Waals surface area contributed by atoms with Gasteiger partial charge in [0.1, 0.15) is 17.2 Å². The Labute approximate surface area is 151 Å². The molecule has 2 aliphatic heterocycles.